The average Bonchev–Trinajstić information content (AvgIpc) is 2.88. The van der Waals surface area contributed by atoms with Crippen molar-refractivity contribution in [3.63, 3.8) is 0 Å². The molecule has 2 N–H and O–H groups in total. The molecule has 98 valence electrons. The number of fused-ring (bicyclic) bond motifs is 2. The molecule has 3 unspecified atom stereocenters. The van der Waals surface area contributed by atoms with Crippen LogP contribution in [0, 0.1) is 0 Å². The Bertz CT molecular complexity index is 248. The first-order chi connectivity index (χ1) is 8.24. The van der Waals surface area contributed by atoms with E-state index >= 15 is 0 Å². The van der Waals surface area contributed by atoms with E-state index in [0.29, 0.717) is 6.04 Å². The van der Waals surface area contributed by atoms with Gasteiger partial charge in [0.15, 0.2) is 0 Å². The molecule has 0 aromatic rings. The minimum atomic E-state index is 0.478. The van der Waals surface area contributed by atoms with Gasteiger partial charge in [-0.3, -0.25) is 9.80 Å². The Kier molecular flexibility index (Phi) is 3.42. The summed E-state index contributed by atoms with van der Waals surface area (Å²) in [7, 11) is 0. The number of piperidine rings is 1. The van der Waals surface area contributed by atoms with Gasteiger partial charge in [-0.2, -0.15) is 0 Å². The second-order valence-electron chi connectivity index (χ2n) is 6.41. The predicted octanol–water partition coefficient (Wildman–Crippen LogP) is 1.42. The summed E-state index contributed by atoms with van der Waals surface area (Å²) in [5.41, 5.74) is 6.13. The maximum atomic E-state index is 6.13. The number of rotatable bonds is 3. The molecule has 0 amide bonds. The topological polar surface area (TPSA) is 32.5 Å². The molecule has 0 radical (unpaired) electrons. The van der Waals surface area contributed by atoms with Gasteiger partial charge >= 0.3 is 0 Å². The zero-order valence-corrected chi connectivity index (χ0v) is 11.1. The summed E-state index contributed by atoms with van der Waals surface area (Å²) in [4.78, 5) is 5.46. The lowest BCUT2D eigenvalue weighted by molar-refractivity contribution is 0.0893. The normalized spacial score (nSPS) is 40.9. The van der Waals surface area contributed by atoms with E-state index in [1.807, 2.05) is 0 Å². The van der Waals surface area contributed by atoms with E-state index in [2.05, 4.69) is 16.7 Å². The molecular formula is C14H27N3. The van der Waals surface area contributed by atoms with Crippen LogP contribution in [0.15, 0.2) is 0 Å². The van der Waals surface area contributed by atoms with Crippen LogP contribution in [-0.4, -0.2) is 53.6 Å². The lowest BCUT2D eigenvalue weighted by Crippen LogP contribution is -2.51. The summed E-state index contributed by atoms with van der Waals surface area (Å²) in [5.74, 6) is 0. The fourth-order valence-corrected chi connectivity index (χ4v) is 4.22. The second kappa shape index (κ2) is 4.87. The Labute approximate surface area is 105 Å². The van der Waals surface area contributed by atoms with Gasteiger partial charge in [-0.1, -0.05) is 0 Å². The maximum absolute atomic E-state index is 6.13. The van der Waals surface area contributed by atoms with Crippen molar-refractivity contribution in [3.05, 3.63) is 0 Å². The molecule has 0 aromatic carbocycles. The molecule has 0 spiro atoms. The third-order valence-electron chi connectivity index (χ3n) is 5.16. The first kappa shape index (κ1) is 11.9. The van der Waals surface area contributed by atoms with Crippen LogP contribution in [0.5, 0.6) is 0 Å². The molecule has 0 aliphatic carbocycles. The van der Waals surface area contributed by atoms with Gasteiger partial charge < -0.3 is 5.73 Å². The zero-order valence-electron chi connectivity index (χ0n) is 11.1. The quantitative estimate of drug-likeness (QED) is 0.806. The van der Waals surface area contributed by atoms with Crippen molar-refractivity contribution < 1.29 is 0 Å². The van der Waals surface area contributed by atoms with Gasteiger partial charge in [0.1, 0.15) is 0 Å². The first-order valence-corrected chi connectivity index (χ1v) is 7.49. The van der Waals surface area contributed by atoms with E-state index in [4.69, 9.17) is 5.73 Å². The molecule has 3 heterocycles. The van der Waals surface area contributed by atoms with Gasteiger partial charge in [-0.15, -0.1) is 0 Å². The van der Waals surface area contributed by atoms with Gasteiger partial charge in [-0.05, 0) is 58.5 Å². The standard InChI is InChI=1S/C14H27N3/c1-11(16-6-2-3-7-16)10-17-13-4-5-14(17)9-12(15)8-13/h11-14H,2-10,15H2,1H3. The maximum Gasteiger partial charge on any atom is 0.0195 e. The van der Waals surface area contributed by atoms with Crippen LogP contribution in [0.4, 0.5) is 0 Å². The predicted molar refractivity (Wildman–Crippen MR) is 71.0 cm³/mol. The SMILES string of the molecule is CC(CN1C2CCC1CC(N)C2)N1CCCC1. The van der Waals surface area contributed by atoms with Crippen molar-refractivity contribution >= 4 is 0 Å². The van der Waals surface area contributed by atoms with E-state index in [0.717, 1.165) is 18.1 Å². The number of nitrogens with zero attached hydrogens (tertiary/aromatic N) is 2. The molecule has 3 atom stereocenters. The van der Waals surface area contributed by atoms with Crippen LogP contribution in [0.3, 0.4) is 0 Å². The summed E-state index contributed by atoms with van der Waals surface area (Å²) < 4.78 is 0. The Balaban J connectivity index is 1.58. The van der Waals surface area contributed by atoms with Crippen molar-refractivity contribution in [1.82, 2.24) is 9.80 Å². The van der Waals surface area contributed by atoms with Crippen LogP contribution in [0.25, 0.3) is 0 Å². The molecule has 3 rings (SSSR count). The number of hydrogen-bond donors (Lipinski definition) is 1. The summed E-state index contributed by atoms with van der Waals surface area (Å²) >= 11 is 0. The van der Waals surface area contributed by atoms with Gasteiger partial charge in [-0.25, -0.2) is 0 Å². The molecule has 2 bridgehead atoms. The van der Waals surface area contributed by atoms with Crippen molar-refractivity contribution in [2.45, 2.75) is 69.6 Å². The molecular weight excluding hydrogens is 210 g/mol. The smallest absolute Gasteiger partial charge is 0.0195 e. The van der Waals surface area contributed by atoms with Crippen LogP contribution >= 0.6 is 0 Å². The number of hydrogen-bond acceptors (Lipinski definition) is 3. The fraction of sp³-hybridized carbons (Fsp3) is 1.00. The summed E-state index contributed by atoms with van der Waals surface area (Å²) in [6.45, 7) is 6.34. The minimum Gasteiger partial charge on any atom is -0.328 e. The highest BCUT2D eigenvalue weighted by atomic mass is 15.3. The number of likely N-dealkylation sites (tertiary alicyclic amines) is 1. The van der Waals surface area contributed by atoms with E-state index in [9.17, 15) is 0 Å². The van der Waals surface area contributed by atoms with Crippen molar-refractivity contribution in [1.29, 1.82) is 0 Å². The molecule has 17 heavy (non-hydrogen) atoms. The number of nitrogens with two attached hydrogens (primary N) is 1. The van der Waals surface area contributed by atoms with Gasteiger partial charge in [0.2, 0.25) is 0 Å². The van der Waals surface area contributed by atoms with Crippen LogP contribution in [0.1, 0.15) is 45.4 Å². The van der Waals surface area contributed by atoms with E-state index in [1.54, 1.807) is 0 Å². The summed E-state index contributed by atoms with van der Waals surface area (Å²) in [6.07, 6.45) is 8.08. The average molecular weight is 237 g/mol. The van der Waals surface area contributed by atoms with E-state index in [1.165, 1.54) is 58.2 Å². The molecule has 3 saturated heterocycles. The third kappa shape index (κ3) is 2.38. The Morgan fingerprint density at radius 2 is 1.71 bits per heavy atom. The van der Waals surface area contributed by atoms with Crippen LogP contribution < -0.4 is 5.73 Å². The fourth-order valence-electron chi connectivity index (χ4n) is 4.22. The summed E-state index contributed by atoms with van der Waals surface area (Å²) in [6, 6.07) is 2.82. The van der Waals surface area contributed by atoms with Crippen molar-refractivity contribution in [2.24, 2.45) is 5.73 Å². The highest BCUT2D eigenvalue weighted by Crippen LogP contribution is 2.35. The van der Waals surface area contributed by atoms with Gasteiger partial charge in [0, 0.05) is 30.7 Å². The highest BCUT2D eigenvalue weighted by Gasteiger charge is 2.40. The molecule has 3 aliphatic heterocycles. The minimum absolute atomic E-state index is 0.478. The van der Waals surface area contributed by atoms with Crippen LogP contribution in [0.2, 0.25) is 0 Å². The van der Waals surface area contributed by atoms with Gasteiger partial charge in [0.25, 0.3) is 0 Å². The zero-order chi connectivity index (χ0) is 11.8. The lowest BCUT2D eigenvalue weighted by Gasteiger charge is -2.40. The van der Waals surface area contributed by atoms with Crippen molar-refractivity contribution in [3.8, 4) is 0 Å². The van der Waals surface area contributed by atoms with Crippen LogP contribution in [-0.2, 0) is 0 Å². The Morgan fingerprint density at radius 1 is 1.12 bits per heavy atom. The summed E-state index contributed by atoms with van der Waals surface area (Å²) in [5, 5.41) is 0. The molecule has 3 nitrogen and oxygen atoms in total. The highest BCUT2D eigenvalue weighted by molar-refractivity contribution is 4.97. The van der Waals surface area contributed by atoms with Gasteiger partial charge in [0.05, 0.1) is 0 Å². The molecule has 3 heteroatoms. The third-order valence-corrected chi connectivity index (χ3v) is 5.16. The van der Waals surface area contributed by atoms with E-state index < -0.39 is 0 Å². The van der Waals surface area contributed by atoms with Crippen molar-refractivity contribution in [2.75, 3.05) is 19.6 Å². The largest absolute Gasteiger partial charge is 0.328 e. The lowest BCUT2D eigenvalue weighted by atomic mass is 9.97. The molecule has 3 fully saturated rings. The molecule has 3 aliphatic rings. The van der Waals surface area contributed by atoms with E-state index in [-0.39, 0.29) is 0 Å². The Hall–Kier alpha value is -0.120. The molecule has 0 saturated carbocycles. The monoisotopic (exact) mass is 237 g/mol. The Morgan fingerprint density at radius 3 is 2.29 bits per heavy atom. The second-order valence-corrected chi connectivity index (χ2v) is 6.41. The molecule has 0 aromatic heterocycles. The first-order valence-electron chi connectivity index (χ1n) is 7.49.